The monoisotopic (exact) mass is 255 g/mol. The molecular weight excluding hydrogens is 242 g/mol. The first-order valence-electron chi connectivity index (χ1n) is 4.43. The van der Waals surface area contributed by atoms with Crippen LogP contribution in [-0.2, 0) is 0 Å². The molecular formula is C11H14BrNO. The average Bonchev–Trinajstić information content (AvgIpc) is 2.17. The predicted molar refractivity (Wildman–Crippen MR) is 64.9 cm³/mol. The Kier molecular flexibility index (Phi) is 4.53. The molecule has 0 atom stereocenters. The van der Waals surface area contributed by atoms with E-state index in [9.17, 15) is 0 Å². The van der Waals surface area contributed by atoms with Gasteiger partial charge in [-0.2, -0.15) is 0 Å². The molecule has 0 unspecified atom stereocenters. The van der Waals surface area contributed by atoms with E-state index >= 15 is 0 Å². The highest BCUT2D eigenvalue weighted by Gasteiger charge is 1.95. The Balaban J connectivity index is 2.81. The smallest absolute Gasteiger partial charge is 0.121 e. The highest BCUT2D eigenvalue weighted by Crippen LogP contribution is 2.19. The molecule has 2 nitrogen and oxygen atoms in total. The Bertz CT molecular complexity index is 323. The maximum atomic E-state index is 5.72. The van der Waals surface area contributed by atoms with Crippen LogP contribution < -0.4 is 10.5 Å². The van der Waals surface area contributed by atoms with Crippen LogP contribution in [0.15, 0.2) is 24.3 Å². The van der Waals surface area contributed by atoms with Gasteiger partial charge in [0.25, 0.3) is 0 Å². The normalized spacial score (nSPS) is 10.7. The molecule has 0 aliphatic rings. The standard InChI is InChI=1S/C11H14BrNO/c1-14-11-7-9(4-2-3-5-12)6-10(13)8-11/h2,4,6-8H,3,5,13H2,1H3. The van der Waals surface area contributed by atoms with E-state index in [0.717, 1.165) is 28.8 Å². The van der Waals surface area contributed by atoms with Crippen LogP contribution >= 0.6 is 15.9 Å². The molecule has 0 bridgehead atoms. The van der Waals surface area contributed by atoms with Crippen molar-refractivity contribution in [2.75, 3.05) is 18.2 Å². The number of methoxy groups -OCH3 is 1. The van der Waals surface area contributed by atoms with E-state index in [0.29, 0.717) is 0 Å². The Morgan fingerprint density at radius 1 is 1.43 bits per heavy atom. The number of allylic oxidation sites excluding steroid dienone is 1. The summed E-state index contributed by atoms with van der Waals surface area (Å²) in [5, 5.41) is 0.975. The van der Waals surface area contributed by atoms with Crippen LogP contribution in [0.4, 0.5) is 5.69 Å². The van der Waals surface area contributed by atoms with Crippen LogP contribution in [-0.4, -0.2) is 12.4 Å². The Hall–Kier alpha value is -0.960. The molecule has 14 heavy (non-hydrogen) atoms. The van der Waals surface area contributed by atoms with Crippen LogP contribution in [0.5, 0.6) is 5.75 Å². The van der Waals surface area contributed by atoms with E-state index in [1.807, 2.05) is 24.3 Å². The molecule has 0 spiro atoms. The quantitative estimate of drug-likeness (QED) is 0.663. The first-order chi connectivity index (χ1) is 6.76. The van der Waals surface area contributed by atoms with Crippen LogP contribution in [0.3, 0.4) is 0 Å². The summed E-state index contributed by atoms with van der Waals surface area (Å²) in [4.78, 5) is 0. The minimum absolute atomic E-state index is 0.725. The number of halogens is 1. The minimum atomic E-state index is 0.725. The van der Waals surface area contributed by atoms with Crippen molar-refractivity contribution in [1.82, 2.24) is 0 Å². The summed E-state index contributed by atoms with van der Waals surface area (Å²) in [6.45, 7) is 0. The zero-order valence-electron chi connectivity index (χ0n) is 8.16. The number of ether oxygens (including phenoxy) is 1. The van der Waals surface area contributed by atoms with Crippen molar-refractivity contribution >= 4 is 27.7 Å². The zero-order valence-corrected chi connectivity index (χ0v) is 9.75. The lowest BCUT2D eigenvalue weighted by atomic mass is 10.1. The van der Waals surface area contributed by atoms with Crippen molar-refractivity contribution < 1.29 is 4.74 Å². The van der Waals surface area contributed by atoms with Gasteiger partial charge in [0.05, 0.1) is 7.11 Å². The number of nitrogen functional groups attached to an aromatic ring is 1. The lowest BCUT2D eigenvalue weighted by Crippen LogP contribution is -1.89. The van der Waals surface area contributed by atoms with Crippen molar-refractivity contribution in [2.24, 2.45) is 0 Å². The maximum Gasteiger partial charge on any atom is 0.121 e. The van der Waals surface area contributed by atoms with Crippen molar-refractivity contribution in [3.05, 3.63) is 29.8 Å². The number of hydrogen-bond donors (Lipinski definition) is 1. The van der Waals surface area contributed by atoms with Crippen LogP contribution in [0.25, 0.3) is 6.08 Å². The highest BCUT2D eigenvalue weighted by molar-refractivity contribution is 9.09. The SMILES string of the molecule is COc1cc(N)cc(C=CCCBr)c1. The summed E-state index contributed by atoms with van der Waals surface area (Å²) in [7, 11) is 1.64. The van der Waals surface area contributed by atoms with Crippen molar-refractivity contribution in [3.63, 3.8) is 0 Å². The fourth-order valence-corrected chi connectivity index (χ4v) is 1.41. The second kappa shape index (κ2) is 5.70. The molecule has 0 saturated heterocycles. The summed E-state index contributed by atoms with van der Waals surface area (Å²) in [6, 6.07) is 5.69. The maximum absolute atomic E-state index is 5.72. The third-order valence-electron chi connectivity index (χ3n) is 1.77. The van der Waals surface area contributed by atoms with E-state index in [4.69, 9.17) is 10.5 Å². The van der Waals surface area contributed by atoms with Crippen molar-refractivity contribution in [3.8, 4) is 5.75 Å². The van der Waals surface area contributed by atoms with Crippen LogP contribution in [0.2, 0.25) is 0 Å². The molecule has 0 fully saturated rings. The number of nitrogens with two attached hydrogens (primary N) is 1. The molecule has 1 aromatic carbocycles. The Morgan fingerprint density at radius 2 is 2.21 bits per heavy atom. The van der Waals surface area contributed by atoms with Gasteiger partial charge in [-0.25, -0.2) is 0 Å². The number of anilines is 1. The molecule has 0 aliphatic carbocycles. The summed E-state index contributed by atoms with van der Waals surface area (Å²) < 4.78 is 5.12. The Labute approximate surface area is 92.9 Å². The van der Waals surface area contributed by atoms with Gasteiger partial charge in [-0.05, 0) is 24.1 Å². The average molecular weight is 256 g/mol. The first kappa shape index (κ1) is 11.1. The van der Waals surface area contributed by atoms with Crippen LogP contribution in [0, 0.1) is 0 Å². The second-order valence-electron chi connectivity index (χ2n) is 2.92. The number of rotatable bonds is 4. The molecule has 0 heterocycles. The molecule has 1 rings (SSSR count). The van der Waals surface area contributed by atoms with Gasteiger partial charge in [0.1, 0.15) is 5.75 Å². The zero-order chi connectivity index (χ0) is 10.4. The minimum Gasteiger partial charge on any atom is -0.497 e. The van der Waals surface area contributed by atoms with E-state index in [-0.39, 0.29) is 0 Å². The van der Waals surface area contributed by atoms with E-state index in [1.165, 1.54) is 0 Å². The van der Waals surface area contributed by atoms with Gasteiger partial charge in [0.15, 0.2) is 0 Å². The van der Waals surface area contributed by atoms with Gasteiger partial charge in [-0.3, -0.25) is 0 Å². The highest BCUT2D eigenvalue weighted by atomic mass is 79.9. The summed E-state index contributed by atoms with van der Waals surface area (Å²) in [5.41, 5.74) is 7.51. The third-order valence-corrected chi connectivity index (χ3v) is 2.23. The molecule has 0 saturated carbocycles. The molecule has 0 aliphatic heterocycles. The van der Waals surface area contributed by atoms with Gasteiger partial charge in [-0.1, -0.05) is 28.1 Å². The van der Waals surface area contributed by atoms with Gasteiger partial charge < -0.3 is 10.5 Å². The molecule has 0 aromatic heterocycles. The topological polar surface area (TPSA) is 35.2 Å². The van der Waals surface area contributed by atoms with Gasteiger partial charge in [0.2, 0.25) is 0 Å². The van der Waals surface area contributed by atoms with E-state index in [1.54, 1.807) is 7.11 Å². The molecule has 1 aromatic rings. The Morgan fingerprint density at radius 3 is 2.86 bits per heavy atom. The molecule has 2 N–H and O–H groups in total. The molecule has 0 amide bonds. The molecule has 76 valence electrons. The summed E-state index contributed by atoms with van der Waals surface area (Å²) >= 11 is 3.36. The van der Waals surface area contributed by atoms with E-state index < -0.39 is 0 Å². The van der Waals surface area contributed by atoms with Gasteiger partial charge >= 0.3 is 0 Å². The summed E-state index contributed by atoms with van der Waals surface area (Å²) in [6.07, 6.45) is 5.15. The number of hydrogen-bond acceptors (Lipinski definition) is 2. The van der Waals surface area contributed by atoms with Gasteiger partial charge in [0, 0.05) is 17.1 Å². The lowest BCUT2D eigenvalue weighted by Gasteiger charge is -2.02. The van der Waals surface area contributed by atoms with Crippen molar-refractivity contribution in [1.29, 1.82) is 0 Å². The number of benzene rings is 1. The van der Waals surface area contributed by atoms with E-state index in [2.05, 4.69) is 22.0 Å². The molecule has 0 radical (unpaired) electrons. The van der Waals surface area contributed by atoms with Crippen LogP contribution in [0.1, 0.15) is 12.0 Å². The summed E-state index contributed by atoms with van der Waals surface area (Å²) in [5.74, 6) is 0.795. The van der Waals surface area contributed by atoms with Gasteiger partial charge in [-0.15, -0.1) is 0 Å². The predicted octanol–water partition coefficient (Wildman–Crippen LogP) is 3.08. The second-order valence-corrected chi connectivity index (χ2v) is 3.71. The first-order valence-corrected chi connectivity index (χ1v) is 5.55. The molecule has 3 heteroatoms. The largest absolute Gasteiger partial charge is 0.497 e. The number of alkyl halides is 1. The fraction of sp³-hybridized carbons (Fsp3) is 0.273. The van der Waals surface area contributed by atoms with Crippen molar-refractivity contribution in [2.45, 2.75) is 6.42 Å². The lowest BCUT2D eigenvalue weighted by molar-refractivity contribution is 0.415. The third kappa shape index (κ3) is 3.42. The fourth-order valence-electron chi connectivity index (χ4n) is 1.14.